The van der Waals surface area contributed by atoms with Crippen LogP contribution < -0.4 is 15.5 Å². The Morgan fingerprint density at radius 2 is 1.95 bits per heavy atom. The Labute approximate surface area is 123 Å². The molecule has 0 saturated carbocycles. The summed E-state index contributed by atoms with van der Waals surface area (Å²) in [6, 6.07) is 3.65. The molecule has 1 aromatic heterocycles. The molecular formula is C14H22N4O3. The van der Waals surface area contributed by atoms with E-state index in [0.29, 0.717) is 30.4 Å². The third-order valence-corrected chi connectivity index (χ3v) is 4.33. The van der Waals surface area contributed by atoms with E-state index in [4.69, 9.17) is 5.73 Å². The lowest BCUT2D eigenvalue weighted by Crippen LogP contribution is -2.34. The minimum absolute atomic E-state index is 0.0600. The first kappa shape index (κ1) is 14.4. The molecule has 2 fully saturated rings. The largest absolute Gasteiger partial charge is 0.396 e. The second-order valence-corrected chi connectivity index (χ2v) is 5.79. The van der Waals surface area contributed by atoms with Crippen LogP contribution in [0.1, 0.15) is 12.8 Å². The number of hydrogen-bond acceptors (Lipinski definition) is 7. The van der Waals surface area contributed by atoms with Gasteiger partial charge in [0.25, 0.3) is 0 Å². The number of anilines is 3. The molecule has 3 heterocycles. The van der Waals surface area contributed by atoms with Crippen molar-refractivity contribution in [3.05, 3.63) is 12.1 Å². The van der Waals surface area contributed by atoms with Gasteiger partial charge in [-0.3, -0.25) is 0 Å². The highest BCUT2D eigenvalue weighted by molar-refractivity contribution is 5.67. The van der Waals surface area contributed by atoms with Crippen molar-refractivity contribution in [2.45, 2.75) is 31.1 Å². The smallest absolute Gasteiger partial charge is 0.154 e. The Morgan fingerprint density at radius 1 is 1.24 bits per heavy atom. The number of nitrogen functional groups attached to an aromatic ring is 1. The van der Waals surface area contributed by atoms with Crippen LogP contribution in [0, 0.1) is 0 Å². The molecule has 116 valence electrons. The van der Waals surface area contributed by atoms with Crippen LogP contribution in [0.3, 0.4) is 0 Å². The van der Waals surface area contributed by atoms with Gasteiger partial charge in [-0.1, -0.05) is 0 Å². The van der Waals surface area contributed by atoms with Crippen molar-refractivity contribution < 1.29 is 15.3 Å². The van der Waals surface area contributed by atoms with Gasteiger partial charge in [0.15, 0.2) is 5.82 Å². The number of nitrogens with two attached hydrogens (primary N) is 1. The highest BCUT2D eigenvalue weighted by Crippen LogP contribution is 2.31. The lowest BCUT2D eigenvalue weighted by Gasteiger charge is -2.27. The van der Waals surface area contributed by atoms with Crippen LogP contribution in [0.4, 0.5) is 17.3 Å². The van der Waals surface area contributed by atoms with E-state index in [0.717, 1.165) is 19.4 Å². The van der Waals surface area contributed by atoms with Gasteiger partial charge in [-0.15, -0.1) is 0 Å². The average Bonchev–Trinajstić information content (AvgIpc) is 3.07. The molecule has 2 aliphatic rings. The second kappa shape index (κ2) is 5.67. The molecule has 0 radical (unpaired) electrons. The Bertz CT molecular complexity index is 503. The number of rotatable bonds is 3. The Morgan fingerprint density at radius 3 is 2.62 bits per heavy atom. The molecule has 3 unspecified atom stereocenters. The van der Waals surface area contributed by atoms with Gasteiger partial charge in [0, 0.05) is 19.6 Å². The average molecular weight is 294 g/mol. The summed E-state index contributed by atoms with van der Waals surface area (Å²) in [5.41, 5.74) is 6.62. The van der Waals surface area contributed by atoms with E-state index >= 15 is 0 Å². The van der Waals surface area contributed by atoms with Crippen LogP contribution in [-0.2, 0) is 0 Å². The number of aromatic nitrogens is 1. The number of pyridine rings is 1. The zero-order valence-electron chi connectivity index (χ0n) is 11.9. The van der Waals surface area contributed by atoms with E-state index < -0.39 is 12.2 Å². The van der Waals surface area contributed by atoms with E-state index in [9.17, 15) is 15.3 Å². The van der Waals surface area contributed by atoms with Crippen LogP contribution in [-0.4, -0.2) is 64.8 Å². The summed E-state index contributed by atoms with van der Waals surface area (Å²) in [6.07, 6.45) is 0.454. The quantitative estimate of drug-likeness (QED) is 0.576. The molecule has 1 aromatic rings. The van der Waals surface area contributed by atoms with Gasteiger partial charge in [-0.25, -0.2) is 4.98 Å². The molecule has 2 aliphatic heterocycles. The third-order valence-electron chi connectivity index (χ3n) is 4.33. The minimum atomic E-state index is -0.746. The minimum Gasteiger partial charge on any atom is -0.396 e. The molecule has 7 heteroatoms. The van der Waals surface area contributed by atoms with Crippen molar-refractivity contribution in [1.82, 2.24) is 4.98 Å². The van der Waals surface area contributed by atoms with E-state index in [1.807, 2.05) is 9.80 Å². The summed E-state index contributed by atoms with van der Waals surface area (Å²) < 4.78 is 0. The summed E-state index contributed by atoms with van der Waals surface area (Å²) in [6.45, 7) is 1.64. The molecule has 0 aliphatic carbocycles. The van der Waals surface area contributed by atoms with Crippen LogP contribution in [0.15, 0.2) is 12.1 Å². The van der Waals surface area contributed by atoms with Crippen LogP contribution in [0.2, 0.25) is 0 Å². The fourth-order valence-corrected chi connectivity index (χ4v) is 3.12. The van der Waals surface area contributed by atoms with Crippen LogP contribution in [0.5, 0.6) is 0 Å². The van der Waals surface area contributed by atoms with Crippen molar-refractivity contribution in [2.24, 2.45) is 0 Å². The highest BCUT2D eigenvalue weighted by atomic mass is 16.3. The summed E-state index contributed by atoms with van der Waals surface area (Å²) in [7, 11) is 0. The molecule has 0 spiro atoms. The first-order valence-electron chi connectivity index (χ1n) is 7.35. The Balaban J connectivity index is 1.86. The topological polar surface area (TPSA) is 106 Å². The molecule has 3 atom stereocenters. The van der Waals surface area contributed by atoms with E-state index in [1.54, 1.807) is 12.1 Å². The first-order valence-corrected chi connectivity index (χ1v) is 7.35. The van der Waals surface area contributed by atoms with Crippen LogP contribution >= 0.6 is 0 Å². The monoisotopic (exact) mass is 294 g/mol. The van der Waals surface area contributed by atoms with Gasteiger partial charge in [-0.05, 0) is 25.0 Å². The summed E-state index contributed by atoms with van der Waals surface area (Å²) in [5.74, 6) is 1.37. The van der Waals surface area contributed by atoms with Crippen molar-refractivity contribution in [1.29, 1.82) is 0 Å². The molecule has 0 amide bonds. The maximum absolute atomic E-state index is 9.66. The summed E-state index contributed by atoms with van der Waals surface area (Å²) >= 11 is 0. The molecule has 2 saturated heterocycles. The van der Waals surface area contributed by atoms with Gasteiger partial charge in [0.1, 0.15) is 5.82 Å². The molecule has 3 rings (SSSR count). The fraction of sp³-hybridized carbons (Fsp3) is 0.643. The van der Waals surface area contributed by atoms with E-state index in [-0.39, 0.29) is 12.6 Å². The summed E-state index contributed by atoms with van der Waals surface area (Å²) in [4.78, 5) is 8.49. The molecule has 7 nitrogen and oxygen atoms in total. The van der Waals surface area contributed by atoms with E-state index in [1.165, 1.54) is 0 Å². The predicted octanol–water partition coefficient (Wildman–Crippen LogP) is -0.833. The van der Waals surface area contributed by atoms with Gasteiger partial charge in [0.05, 0.1) is 30.5 Å². The molecule has 5 N–H and O–H groups in total. The van der Waals surface area contributed by atoms with Crippen LogP contribution in [0.25, 0.3) is 0 Å². The van der Waals surface area contributed by atoms with Gasteiger partial charge >= 0.3 is 0 Å². The van der Waals surface area contributed by atoms with E-state index in [2.05, 4.69) is 4.98 Å². The van der Waals surface area contributed by atoms with Gasteiger partial charge in [0.2, 0.25) is 0 Å². The SMILES string of the molecule is Nc1ccc(N2CC(O)C(O)C2)nc1N1CCCC1CO. The maximum atomic E-state index is 9.66. The van der Waals surface area contributed by atoms with Crippen molar-refractivity contribution in [3.63, 3.8) is 0 Å². The lowest BCUT2D eigenvalue weighted by molar-refractivity contribution is 0.0572. The number of hydrogen-bond donors (Lipinski definition) is 4. The Hall–Kier alpha value is -1.57. The highest BCUT2D eigenvalue weighted by Gasteiger charge is 2.32. The van der Waals surface area contributed by atoms with Gasteiger partial charge in [-0.2, -0.15) is 0 Å². The van der Waals surface area contributed by atoms with Gasteiger partial charge < -0.3 is 30.9 Å². The zero-order chi connectivity index (χ0) is 15.0. The molecular weight excluding hydrogens is 272 g/mol. The third kappa shape index (κ3) is 2.64. The zero-order valence-corrected chi connectivity index (χ0v) is 11.9. The lowest BCUT2D eigenvalue weighted by atomic mass is 10.2. The fourth-order valence-electron chi connectivity index (χ4n) is 3.12. The number of aliphatic hydroxyl groups is 3. The molecule has 0 bridgehead atoms. The number of nitrogens with zero attached hydrogens (tertiary/aromatic N) is 3. The standard InChI is InChI=1S/C14H22N4O3/c15-10-3-4-13(17-6-11(20)12(21)7-17)16-14(10)18-5-1-2-9(18)8-19/h3-4,9,11-12,19-21H,1-2,5-8,15H2. The Kier molecular flexibility index (Phi) is 3.88. The second-order valence-electron chi connectivity index (χ2n) is 5.79. The number of aliphatic hydroxyl groups excluding tert-OH is 3. The molecule has 21 heavy (non-hydrogen) atoms. The first-order chi connectivity index (χ1) is 10.1. The normalized spacial score (nSPS) is 29.4. The van der Waals surface area contributed by atoms with Crippen molar-refractivity contribution >= 4 is 17.3 Å². The van der Waals surface area contributed by atoms with Crippen molar-refractivity contribution in [3.8, 4) is 0 Å². The summed E-state index contributed by atoms with van der Waals surface area (Å²) in [5, 5.41) is 28.8. The molecule has 0 aromatic carbocycles. The van der Waals surface area contributed by atoms with Crippen molar-refractivity contribution in [2.75, 3.05) is 41.8 Å². The number of β-amino-alcohol motifs (C(OH)–C–C–N with tert-alkyl or cyclic N) is 2. The maximum Gasteiger partial charge on any atom is 0.154 e. The predicted molar refractivity (Wildman–Crippen MR) is 80.3 cm³/mol.